The van der Waals surface area contributed by atoms with Gasteiger partial charge in [0.15, 0.2) is 5.82 Å². The molecule has 1 amide bonds. The van der Waals surface area contributed by atoms with E-state index in [0.717, 1.165) is 0 Å². The van der Waals surface area contributed by atoms with E-state index in [1.54, 1.807) is 6.20 Å². The van der Waals surface area contributed by atoms with Gasteiger partial charge in [0.05, 0.1) is 25.9 Å². The van der Waals surface area contributed by atoms with E-state index < -0.39 is 0 Å². The summed E-state index contributed by atoms with van der Waals surface area (Å²) in [6.07, 6.45) is 3.09. The lowest BCUT2D eigenvalue weighted by Gasteiger charge is -2.22. The predicted octanol–water partition coefficient (Wildman–Crippen LogP) is -0.445. The third kappa shape index (κ3) is 2.77. The first kappa shape index (κ1) is 10.1. The molecule has 0 spiro atoms. The van der Waals surface area contributed by atoms with Gasteiger partial charge in [-0.3, -0.25) is 4.79 Å². The van der Waals surface area contributed by atoms with Crippen molar-refractivity contribution in [1.82, 2.24) is 15.3 Å². The Labute approximate surface area is 87.0 Å². The number of aromatic nitrogens is 2. The molecule has 1 aliphatic rings. The number of nitrogens with zero attached hydrogens (tertiary/aromatic N) is 1. The molecule has 0 aliphatic carbocycles. The molecule has 0 saturated carbocycles. The van der Waals surface area contributed by atoms with Crippen LogP contribution in [0.1, 0.15) is 10.6 Å². The number of carbonyl (C=O) groups is 1. The summed E-state index contributed by atoms with van der Waals surface area (Å²) < 4.78 is 10.6. The number of aromatic amines is 1. The average Bonchev–Trinajstić information content (AvgIpc) is 2.81. The molecule has 0 aromatic carbocycles. The monoisotopic (exact) mass is 211 g/mol. The topological polar surface area (TPSA) is 76.2 Å². The highest BCUT2D eigenvalue weighted by atomic mass is 16.6. The van der Waals surface area contributed by atoms with E-state index in [2.05, 4.69) is 15.3 Å². The first-order chi connectivity index (χ1) is 7.36. The minimum atomic E-state index is -0.228. The molecule has 2 rings (SSSR count). The molecule has 1 aromatic rings. The van der Waals surface area contributed by atoms with E-state index in [1.807, 2.05) is 0 Å². The SMILES string of the molecule is O=C(NCC1COCCO1)c1ncc[nH]1. The van der Waals surface area contributed by atoms with Gasteiger partial charge in [-0.1, -0.05) is 0 Å². The van der Waals surface area contributed by atoms with Gasteiger partial charge in [-0.15, -0.1) is 0 Å². The molecule has 2 N–H and O–H groups in total. The standard InChI is InChI=1S/C9H13N3O3/c13-9(8-10-1-2-11-8)12-5-7-6-14-3-4-15-7/h1-2,7H,3-6H2,(H,10,11)(H,12,13). The van der Waals surface area contributed by atoms with Crippen LogP contribution in [0, 0.1) is 0 Å². The molecule has 1 saturated heterocycles. The van der Waals surface area contributed by atoms with Crippen molar-refractivity contribution in [3.8, 4) is 0 Å². The number of H-pyrrole nitrogens is 1. The van der Waals surface area contributed by atoms with Crippen LogP contribution in [0.4, 0.5) is 0 Å². The van der Waals surface area contributed by atoms with E-state index in [4.69, 9.17) is 9.47 Å². The molecule has 1 aromatic heterocycles. The van der Waals surface area contributed by atoms with Crippen LogP contribution in [0.3, 0.4) is 0 Å². The molecule has 1 unspecified atom stereocenters. The van der Waals surface area contributed by atoms with Gasteiger partial charge in [-0.25, -0.2) is 4.98 Å². The lowest BCUT2D eigenvalue weighted by molar-refractivity contribution is -0.0855. The Kier molecular flexibility index (Phi) is 3.31. The van der Waals surface area contributed by atoms with E-state index in [0.29, 0.717) is 32.2 Å². The van der Waals surface area contributed by atoms with Gasteiger partial charge in [0.25, 0.3) is 5.91 Å². The summed E-state index contributed by atoms with van der Waals surface area (Å²) in [6.45, 7) is 2.18. The molecule has 1 atom stereocenters. The fourth-order valence-corrected chi connectivity index (χ4v) is 1.33. The zero-order valence-corrected chi connectivity index (χ0v) is 8.23. The predicted molar refractivity (Wildman–Crippen MR) is 51.5 cm³/mol. The number of imidazole rings is 1. The van der Waals surface area contributed by atoms with Crippen LogP contribution in [0.5, 0.6) is 0 Å². The molecule has 6 heteroatoms. The van der Waals surface area contributed by atoms with Crippen molar-refractivity contribution in [3.63, 3.8) is 0 Å². The molecule has 2 heterocycles. The number of hydrogen-bond donors (Lipinski definition) is 2. The maximum absolute atomic E-state index is 11.4. The minimum Gasteiger partial charge on any atom is -0.376 e. The number of hydrogen-bond acceptors (Lipinski definition) is 4. The Bertz CT molecular complexity index is 306. The second-order valence-corrected chi connectivity index (χ2v) is 3.22. The highest BCUT2D eigenvalue weighted by Crippen LogP contribution is 1.99. The van der Waals surface area contributed by atoms with Crippen LogP contribution >= 0.6 is 0 Å². The van der Waals surface area contributed by atoms with Gasteiger partial charge in [0.2, 0.25) is 0 Å². The summed E-state index contributed by atoms with van der Waals surface area (Å²) in [5.74, 6) is 0.0842. The van der Waals surface area contributed by atoms with Crippen molar-refractivity contribution < 1.29 is 14.3 Å². The second kappa shape index (κ2) is 4.90. The van der Waals surface area contributed by atoms with Gasteiger partial charge in [-0.2, -0.15) is 0 Å². The van der Waals surface area contributed by atoms with E-state index in [-0.39, 0.29) is 12.0 Å². The van der Waals surface area contributed by atoms with Crippen LogP contribution in [-0.4, -0.2) is 48.3 Å². The normalized spacial score (nSPS) is 21.2. The van der Waals surface area contributed by atoms with Crippen molar-refractivity contribution in [2.75, 3.05) is 26.4 Å². The smallest absolute Gasteiger partial charge is 0.287 e. The Morgan fingerprint density at radius 2 is 2.60 bits per heavy atom. The lowest BCUT2D eigenvalue weighted by atomic mass is 10.3. The first-order valence-corrected chi connectivity index (χ1v) is 4.83. The van der Waals surface area contributed by atoms with Crippen molar-refractivity contribution in [2.45, 2.75) is 6.10 Å². The van der Waals surface area contributed by atoms with Gasteiger partial charge >= 0.3 is 0 Å². The molecule has 1 fully saturated rings. The zero-order chi connectivity index (χ0) is 10.5. The summed E-state index contributed by atoms with van der Waals surface area (Å²) in [5, 5.41) is 2.72. The lowest BCUT2D eigenvalue weighted by Crippen LogP contribution is -2.39. The molecule has 15 heavy (non-hydrogen) atoms. The summed E-state index contributed by atoms with van der Waals surface area (Å²) in [7, 11) is 0. The van der Waals surface area contributed by atoms with E-state index in [9.17, 15) is 4.79 Å². The Balaban J connectivity index is 1.75. The fraction of sp³-hybridized carbons (Fsp3) is 0.556. The van der Waals surface area contributed by atoms with Crippen molar-refractivity contribution >= 4 is 5.91 Å². The summed E-state index contributed by atoms with van der Waals surface area (Å²) in [5.41, 5.74) is 0. The van der Waals surface area contributed by atoms with Crippen molar-refractivity contribution in [2.24, 2.45) is 0 Å². The maximum Gasteiger partial charge on any atom is 0.287 e. The summed E-state index contributed by atoms with van der Waals surface area (Å²) in [6, 6.07) is 0. The molecular formula is C9H13N3O3. The first-order valence-electron chi connectivity index (χ1n) is 4.83. The Morgan fingerprint density at radius 3 is 3.27 bits per heavy atom. The van der Waals surface area contributed by atoms with E-state index >= 15 is 0 Å². The third-order valence-electron chi connectivity index (χ3n) is 2.09. The van der Waals surface area contributed by atoms with Gasteiger partial charge in [-0.05, 0) is 0 Å². The average molecular weight is 211 g/mol. The van der Waals surface area contributed by atoms with Crippen LogP contribution in [-0.2, 0) is 9.47 Å². The number of rotatable bonds is 3. The van der Waals surface area contributed by atoms with Gasteiger partial charge in [0.1, 0.15) is 0 Å². The van der Waals surface area contributed by atoms with Crippen LogP contribution < -0.4 is 5.32 Å². The highest BCUT2D eigenvalue weighted by Gasteiger charge is 2.16. The molecule has 0 bridgehead atoms. The van der Waals surface area contributed by atoms with Gasteiger partial charge in [0, 0.05) is 18.9 Å². The Hall–Kier alpha value is -1.40. The number of amides is 1. The minimum absolute atomic E-state index is 0.0577. The number of ether oxygens (including phenoxy) is 2. The number of nitrogens with one attached hydrogen (secondary N) is 2. The molecular weight excluding hydrogens is 198 g/mol. The quantitative estimate of drug-likeness (QED) is 0.710. The molecule has 0 radical (unpaired) electrons. The van der Waals surface area contributed by atoms with Crippen LogP contribution in [0.25, 0.3) is 0 Å². The van der Waals surface area contributed by atoms with Crippen LogP contribution in [0.15, 0.2) is 12.4 Å². The van der Waals surface area contributed by atoms with Crippen molar-refractivity contribution in [1.29, 1.82) is 0 Å². The van der Waals surface area contributed by atoms with E-state index in [1.165, 1.54) is 6.20 Å². The zero-order valence-electron chi connectivity index (χ0n) is 8.23. The molecule has 1 aliphatic heterocycles. The fourth-order valence-electron chi connectivity index (χ4n) is 1.33. The summed E-state index contributed by atoms with van der Waals surface area (Å²) >= 11 is 0. The largest absolute Gasteiger partial charge is 0.376 e. The molecule has 82 valence electrons. The molecule has 6 nitrogen and oxygen atoms in total. The third-order valence-corrected chi connectivity index (χ3v) is 2.09. The Morgan fingerprint density at radius 1 is 1.67 bits per heavy atom. The number of carbonyl (C=O) groups excluding carboxylic acids is 1. The van der Waals surface area contributed by atoms with Gasteiger partial charge < -0.3 is 19.8 Å². The van der Waals surface area contributed by atoms with Crippen molar-refractivity contribution in [3.05, 3.63) is 18.2 Å². The van der Waals surface area contributed by atoms with Crippen LogP contribution in [0.2, 0.25) is 0 Å². The maximum atomic E-state index is 11.4. The second-order valence-electron chi connectivity index (χ2n) is 3.22. The highest BCUT2D eigenvalue weighted by molar-refractivity contribution is 5.90. The summed E-state index contributed by atoms with van der Waals surface area (Å²) in [4.78, 5) is 18.0.